The van der Waals surface area contributed by atoms with Crippen LogP contribution in [0.5, 0.6) is 0 Å². The Morgan fingerprint density at radius 2 is 2.33 bits per heavy atom. The highest BCUT2D eigenvalue weighted by molar-refractivity contribution is 14.1. The van der Waals surface area contributed by atoms with E-state index in [4.69, 9.17) is 0 Å². The maximum atomic E-state index is 13.1. The first-order valence-corrected chi connectivity index (χ1v) is 4.43. The van der Waals surface area contributed by atoms with Crippen molar-refractivity contribution in [2.24, 2.45) is 0 Å². The fourth-order valence-electron chi connectivity index (χ4n) is 1.07. The van der Waals surface area contributed by atoms with Crippen LogP contribution in [0.4, 0.5) is 4.39 Å². The molecule has 2 rings (SSSR count). The molecule has 1 N–H and O–H groups in total. The number of pyridine rings is 1. The molecule has 62 valence electrons. The van der Waals surface area contributed by atoms with Gasteiger partial charge in [0, 0.05) is 11.1 Å². The average Bonchev–Trinajstić information content (AvgIpc) is 2.33. The van der Waals surface area contributed by atoms with Crippen molar-refractivity contribution in [1.82, 2.24) is 15.2 Å². The van der Waals surface area contributed by atoms with Gasteiger partial charge in [0.25, 0.3) is 0 Å². The third-order valence-electron chi connectivity index (χ3n) is 1.58. The van der Waals surface area contributed by atoms with Gasteiger partial charge in [-0.15, -0.1) is 0 Å². The first-order valence-electron chi connectivity index (χ1n) is 3.35. The van der Waals surface area contributed by atoms with Crippen LogP contribution in [0.25, 0.3) is 10.9 Å². The Kier molecular flexibility index (Phi) is 1.75. The standard InChI is InChI=1S/C7H5FIN3/c1-3-2-4-5(6(8)10-3)11-12-7(4)9/h2H,1H3,(H,11,12). The summed E-state index contributed by atoms with van der Waals surface area (Å²) in [5.41, 5.74) is 0.976. The summed E-state index contributed by atoms with van der Waals surface area (Å²) in [7, 11) is 0. The van der Waals surface area contributed by atoms with E-state index in [-0.39, 0.29) is 0 Å². The van der Waals surface area contributed by atoms with E-state index in [2.05, 4.69) is 37.8 Å². The maximum Gasteiger partial charge on any atom is 0.241 e. The minimum Gasteiger partial charge on any atom is -0.271 e. The molecule has 5 heteroatoms. The molecule has 0 atom stereocenters. The summed E-state index contributed by atoms with van der Waals surface area (Å²) in [5.74, 6) is -0.510. The molecule has 0 saturated heterocycles. The van der Waals surface area contributed by atoms with E-state index in [0.717, 1.165) is 9.09 Å². The zero-order chi connectivity index (χ0) is 8.72. The molecule has 0 saturated carbocycles. The average molecular weight is 277 g/mol. The molecule has 0 aliphatic carbocycles. The Labute approximate surface area is 81.5 Å². The second kappa shape index (κ2) is 2.65. The van der Waals surface area contributed by atoms with Crippen LogP contribution in [0.2, 0.25) is 0 Å². The number of hydrogen-bond donors (Lipinski definition) is 1. The maximum absolute atomic E-state index is 13.1. The molecule has 2 heterocycles. The van der Waals surface area contributed by atoms with Crippen molar-refractivity contribution in [2.75, 3.05) is 0 Å². The highest BCUT2D eigenvalue weighted by Crippen LogP contribution is 2.19. The van der Waals surface area contributed by atoms with E-state index in [1.807, 2.05) is 6.07 Å². The van der Waals surface area contributed by atoms with Crippen LogP contribution >= 0.6 is 22.6 Å². The largest absolute Gasteiger partial charge is 0.271 e. The predicted molar refractivity (Wildman–Crippen MR) is 51.3 cm³/mol. The third kappa shape index (κ3) is 1.08. The van der Waals surface area contributed by atoms with Gasteiger partial charge in [0.05, 0.1) is 0 Å². The molecule has 0 bridgehead atoms. The molecule has 0 aliphatic heterocycles. The molecule has 3 nitrogen and oxygen atoms in total. The quantitative estimate of drug-likeness (QED) is 0.591. The van der Waals surface area contributed by atoms with Crippen LogP contribution in [0.1, 0.15) is 5.69 Å². The second-order valence-corrected chi connectivity index (χ2v) is 3.57. The smallest absolute Gasteiger partial charge is 0.241 e. The number of aromatic nitrogens is 3. The van der Waals surface area contributed by atoms with Gasteiger partial charge < -0.3 is 0 Å². The van der Waals surface area contributed by atoms with Gasteiger partial charge in [0.15, 0.2) is 0 Å². The summed E-state index contributed by atoms with van der Waals surface area (Å²) >= 11 is 2.07. The van der Waals surface area contributed by atoms with Gasteiger partial charge in [-0.2, -0.15) is 9.49 Å². The number of hydrogen-bond acceptors (Lipinski definition) is 2. The zero-order valence-electron chi connectivity index (χ0n) is 6.23. The van der Waals surface area contributed by atoms with E-state index >= 15 is 0 Å². The lowest BCUT2D eigenvalue weighted by Crippen LogP contribution is -1.87. The predicted octanol–water partition coefficient (Wildman–Crippen LogP) is 2.01. The fourth-order valence-corrected chi connectivity index (χ4v) is 1.60. The summed E-state index contributed by atoms with van der Waals surface area (Å²) in [4.78, 5) is 3.66. The molecule has 0 radical (unpaired) electrons. The van der Waals surface area contributed by atoms with Gasteiger partial charge >= 0.3 is 0 Å². The van der Waals surface area contributed by atoms with Crippen LogP contribution in [-0.4, -0.2) is 15.2 Å². The minimum atomic E-state index is -0.510. The molecular formula is C7H5FIN3. The van der Waals surface area contributed by atoms with Crippen molar-refractivity contribution in [3.63, 3.8) is 0 Å². The zero-order valence-corrected chi connectivity index (χ0v) is 8.39. The summed E-state index contributed by atoms with van der Waals surface area (Å²) < 4.78 is 13.9. The molecule has 12 heavy (non-hydrogen) atoms. The van der Waals surface area contributed by atoms with Crippen molar-refractivity contribution < 1.29 is 4.39 Å². The number of H-pyrrole nitrogens is 1. The minimum absolute atomic E-state index is 0.310. The summed E-state index contributed by atoms with van der Waals surface area (Å²) in [6.45, 7) is 1.76. The summed E-state index contributed by atoms with van der Waals surface area (Å²) in [6.07, 6.45) is 0. The topological polar surface area (TPSA) is 41.6 Å². The second-order valence-electron chi connectivity index (χ2n) is 2.49. The first-order chi connectivity index (χ1) is 5.68. The molecule has 0 fully saturated rings. The Morgan fingerprint density at radius 1 is 1.58 bits per heavy atom. The van der Waals surface area contributed by atoms with E-state index in [1.165, 1.54) is 0 Å². The van der Waals surface area contributed by atoms with Crippen molar-refractivity contribution in [2.45, 2.75) is 6.92 Å². The Morgan fingerprint density at radius 3 is 3.08 bits per heavy atom. The Balaban J connectivity index is 2.92. The normalized spacial score (nSPS) is 10.9. The molecule has 0 aliphatic rings. The molecule has 0 amide bonds. The number of nitrogens with zero attached hydrogens (tertiary/aromatic N) is 2. The first kappa shape index (κ1) is 7.90. The van der Waals surface area contributed by atoms with E-state index in [0.29, 0.717) is 11.2 Å². The number of nitrogens with one attached hydrogen (secondary N) is 1. The van der Waals surface area contributed by atoms with Crippen LogP contribution in [-0.2, 0) is 0 Å². The number of fused-ring (bicyclic) bond motifs is 1. The van der Waals surface area contributed by atoms with Gasteiger partial charge in [0.2, 0.25) is 5.95 Å². The number of aryl methyl sites for hydroxylation is 1. The Bertz CT molecular complexity index is 437. The van der Waals surface area contributed by atoms with Gasteiger partial charge in [0.1, 0.15) is 9.22 Å². The third-order valence-corrected chi connectivity index (χ3v) is 2.40. The molecule has 0 spiro atoms. The number of aromatic amines is 1. The van der Waals surface area contributed by atoms with Crippen LogP contribution < -0.4 is 0 Å². The van der Waals surface area contributed by atoms with Crippen molar-refractivity contribution in [3.05, 3.63) is 21.4 Å². The van der Waals surface area contributed by atoms with Crippen molar-refractivity contribution >= 4 is 33.5 Å². The van der Waals surface area contributed by atoms with Crippen molar-refractivity contribution in [3.8, 4) is 0 Å². The SMILES string of the molecule is Cc1cc2c(I)[nH]nc2c(F)n1. The number of halogens is 2. The van der Waals surface area contributed by atoms with Crippen molar-refractivity contribution in [1.29, 1.82) is 0 Å². The molecular weight excluding hydrogens is 272 g/mol. The van der Waals surface area contributed by atoms with E-state index in [1.54, 1.807) is 6.92 Å². The fraction of sp³-hybridized carbons (Fsp3) is 0.143. The van der Waals surface area contributed by atoms with Crippen LogP contribution in [0.15, 0.2) is 6.07 Å². The van der Waals surface area contributed by atoms with Crippen LogP contribution in [0, 0.1) is 16.6 Å². The Hall–Kier alpha value is -0.720. The molecule has 0 unspecified atom stereocenters. The van der Waals surface area contributed by atoms with Gasteiger partial charge in [-0.25, -0.2) is 4.98 Å². The number of rotatable bonds is 0. The van der Waals surface area contributed by atoms with Gasteiger partial charge in [-0.05, 0) is 35.6 Å². The van der Waals surface area contributed by atoms with E-state index < -0.39 is 5.95 Å². The molecule has 2 aromatic heterocycles. The van der Waals surface area contributed by atoms with Gasteiger partial charge in [-0.3, -0.25) is 5.10 Å². The van der Waals surface area contributed by atoms with E-state index in [9.17, 15) is 4.39 Å². The summed E-state index contributed by atoms with van der Waals surface area (Å²) in [6, 6.07) is 1.81. The molecule has 2 aromatic rings. The molecule has 0 aromatic carbocycles. The lowest BCUT2D eigenvalue weighted by atomic mass is 10.3. The summed E-state index contributed by atoms with van der Waals surface area (Å²) in [5, 5.41) is 7.28. The van der Waals surface area contributed by atoms with Gasteiger partial charge in [-0.1, -0.05) is 0 Å². The van der Waals surface area contributed by atoms with Crippen LogP contribution in [0.3, 0.4) is 0 Å². The monoisotopic (exact) mass is 277 g/mol. The lowest BCUT2D eigenvalue weighted by molar-refractivity contribution is 0.590. The highest BCUT2D eigenvalue weighted by atomic mass is 127. The highest BCUT2D eigenvalue weighted by Gasteiger charge is 2.08. The lowest BCUT2D eigenvalue weighted by Gasteiger charge is -1.92.